The van der Waals surface area contributed by atoms with Gasteiger partial charge in [-0.3, -0.25) is 4.57 Å². The van der Waals surface area contributed by atoms with Gasteiger partial charge in [0.1, 0.15) is 23.8 Å². The second-order valence-corrected chi connectivity index (χ2v) is 3.16. The van der Waals surface area contributed by atoms with E-state index in [-0.39, 0.29) is 0 Å². The van der Waals surface area contributed by atoms with Crippen LogP contribution in [0.2, 0.25) is 0 Å². The van der Waals surface area contributed by atoms with Crippen LogP contribution in [0.1, 0.15) is 11.4 Å². The van der Waals surface area contributed by atoms with Gasteiger partial charge < -0.3 is 5.43 Å². The Labute approximate surface area is 87.2 Å². The third-order valence-corrected chi connectivity index (χ3v) is 2.25. The fraction of sp³-hybridized carbons (Fsp3) is 0.222. The lowest BCUT2D eigenvalue weighted by Gasteiger charge is -2.09. The predicted molar refractivity (Wildman–Crippen MR) is 56.4 cm³/mol. The third kappa shape index (κ3) is 1.55. The zero-order chi connectivity index (χ0) is 10.8. The largest absolute Gasteiger partial charge is 0.308 e. The van der Waals surface area contributed by atoms with Crippen molar-refractivity contribution in [2.45, 2.75) is 13.8 Å². The molecule has 0 bridgehead atoms. The Kier molecular flexibility index (Phi) is 2.34. The first-order chi connectivity index (χ1) is 7.24. The van der Waals surface area contributed by atoms with Gasteiger partial charge in [0.15, 0.2) is 0 Å². The molecule has 0 saturated carbocycles. The molecule has 2 heterocycles. The standard InChI is InChI=1S/C9H12N6/c1-6-8(14-10)12-5-13-9(6)15-4-3-11-7(15)2/h3-5H,10H2,1-2H3,(H,12,13,14). The van der Waals surface area contributed by atoms with E-state index in [1.165, 1.54) is 6.33 Å². The van der Waals surface area contributed by atoms with Gasteiger partial charge in [-0.2, -0.15) is 0 Å². The Morgan fingerprint density at radius 1 is 1.27 bits per heavy atom. The first kappa shape index (κ1) is 9.60. The summed E-state index contributed by atoms with van der Waals surface area (Å²) in [5.74, 6) is 7.62. The molecule has 2 rings (SSSR count). The van der Waals surface area contributed by atoms with Crippen LogP contribution in [0, 0.1) is 13.8 Å². The molecule has 15 heavy (non-hydrogen) atoms. The molecule has 6 nitrogen and oxygen atoms in total. The van der Waals surface area contributed by atoms with Gasteiger partial charge in [0.25, 0.3) is 0 Å². The number of nitrogens with two attached hydrogens (primary N) is 1. The summed E-state index contributed by atoms with van der Waals surface area (Å²) in [4.78, 5) is 12.4. The average molecular weight is 204 g/mol. The van der Waals surface area contributed by atoms with Gasteiger partial charge in [-0.05, 0) is 13.8 Å². The maximum absolute atomic E-state index is 5.35. The fourth-order valence-corrected chi connectivity index (χ4v) is 1.43. The summed E-state index contributed by atoms with van der Waals surface area (Å²) in [7, 11) is 0. The summed E-state index contributed by atoms with van der Waals surface area (Å²) < 4.78 is 1.89. The number of hydrogen-bond acceptors (Lipinski definition) is 5. The molecule has 6 heteroatoms. The Bertz CT molecular complexity index is 475. The normalized spacial score (nSPS) is 10.3. The van der Waals surface area contributed by atoms with Crippen molar-refractivity contribution in [3.63, 3.8) is 0 Å². The number of imidazole rings is 1. The summed E-state index contributed by atoms with van der Waals surface area (Å²) >= 11 is 0. The SMILES string of the molecule is Cc1c(NN)ncnc1-n1ccnc1C. The molecule has 0 saturated heterocycles. The quantitative estimate of drug-likeness (QED) is 0.552. The minimum absolute atomic E-state index is 0.619. The molecule has 0 radical (unpaired) electrons. The van der Waals surface area contributed by atoms with E-state index in [4.69, 9.17) is 5.84 Å². The lowest BCUT2D eigenvalue weighted by Crippen LogP contribution is -2.13. The van der Waals surface area contributed by atoms with Crippen LogP contribution < -0.4 is 11.3 Å². The summed E-state index contributed by atoms with van der Waals surface area (Å²) in [5.41, 5.74) is 3.42. The van der Waals surface area contributed by atoms with Crippen molar-refractivity contribution in [1.29, 1.82) is 0 Å². The highest BCUT2D eigenvalue weighted by atomic mass is 15.3. The van der Waals surface area contributed by atoms with Crippen molar-refractivity contribution in [1.82, 2.24) is 19.5 Å². The Morgan fingerprint density at radius 3 is 2.67 bits per heavy atom. The van der Waals surface area contributed by atoms with E-state index in [1.54, 1.807) is 6.20 Å². The van der Waals surface area contributed by atoms with Crippen LogP contribution in [0.25, 0.3) is 5.82 Å². The number of aromatic nitrogens is 4. The van der Waals surface area contributed by atoms with E-state index in [0.717, 1.165) is 17.2 Å². The molecule has 0 aliphatic heterocycles. The Hall–Kier alpha value is -1.95. The van der Waals surface area contributed by atoms with Gasteiger partial charge in [0.2, 0.25) is 0 Å². The van der Waals surface area contributed by atoms with E-state index in [0.29, 0.717) is 5.82 Å². The highest BCUT2D eigenvalue weighted by Gasteiger charge is 2.09. The number of hydrogen-bond donors (Lipinski definition) is 2. The average Bonchev–Trinajstić information content (AvgIpc) is 2.65. The molecule has 0 unspecified atom stereocenters. The van der Waals surface area contributed by atoms with Crippen LogP contribution in [0.5, 0.6) is 0 Å². The first-order valence-corrected chi connectivity index (χ1v) is 4.52. The van der Waals surface area contributed by atoms with Crippen molar-refractivity contribution in [2.75, 3.05) is 5.43 Å². The Morgan fingerprint density at radius 2 is 2.07 bits per heavy atom. The predicted octanol–water partition coefficient (Wildman–Crippen LogP) is 0.565. The molecule has 0 atom stereocenters. The van der Waals surface area contributed by atoms with Crippen molar-refractivity contribution in [2.24, 2.45) is 5.84 Å². The summed E-state index contributed by atoms with van der Waals surface area (Å²) in [6.45, 7) is 3.82. The molecule has 0 aromatic carbocycles. The van der Waals surface area contributed by atoms with Crippen LogP contribution in [0.15, 0.2) is 18.7 Å². The maximum atomic E-state index is 5.35. The van der Waals surface area contributed by atoms with Crippen LogP contribution in [0.4, 0.5) is 5.82 Å². The number of aryl methyl sites for hydroxylation is 1. The number of rotatable bonds is 2. The number of nitrogen functional groups attached to an aromatic ring is 1. The van der Waals surface area contributed by atoms with E-state index in [1.807, 2.05) is 24.6 Å². The highest BCUT2D eigenvalue weighted by molar-refractivity contribution is 5.50. The second-order valence-electron chi connectivity index (χ2n) is 3.16. The zero-order valence-corrected chi connectivity index (χ0v) is 8.60. The lowest BCUT2D eigenvalue weighted by atomic mass is 10.3. The van der Waals surface area contributed by atoms with Crippen LogP contribution in [0.3, 0.4) is 0 Å². The lowest BCUT2D eigenvalue weighted by molar-refractivity contribution is 0.905. The molecule has 2 aromatic heterocycles. The highest BCUT2D eigenvalue weighted by Crippen LogP contribution is 2.17. The molecule has 0 fully saturated rings. The second kappa shape index (κ2) is 3.66. The van der Waals surface area contributed by atoms with Crippen molar-refractivity contribution < 1.29 is 0 Å². The van der Waals surface area contributed by atoms with Gasteiger partial charge >= 0.3 is 0 Å². The van der Waals surface area contributed by atoms with E-state index < -0.39 is 0 Å². The molecular formula is C9H12N6. The van der Waals surface area contributed by atoms with Gasteiger partial charge in [-0.15, -0.1) is 0 Å². The smallest absolute Gasteiger partial charge is 0.148 e. The number of nitrogens with zero attached hydrogens (tertiary/aromatic N) is 4. The molecular weight excluding hydrogens is 192 g/mol. The third-order valence-electron chi connectivity index (χ3n) is 2.25. The van der Waals surface area contributed by atoms with Crippen LogP contribution >= 0.6 is 0 Å². The summed E-state index contributed by atoms with van der Waals surface area (Å²) in [6, 6.07) is 0. The Balaban J connectivity index is 2.59. The van der Waals surface area contributed by atoms with Gasteiger partial charge in [0.05, 0.1) is 0 Å². The van der Waals surface area contributed by atoms with E-state index >= 15 is 0 Å². The summed E-state index contributed by atoms with van der Waals surface area (Å²) in [6.07, 6.45) is 5.05. The minimum Gasteiger partial charge on any atom is -0.308 e. The summed E-state index contributed by atoms with van der Waals surface area (Å²) in [5, 5.41) is 0. The molecule has 0 spiro atoms. The molecule has 78 valence electrons. The molecule has 0 aliphatic rings. The van der Waals surface area contributed by atoms with Crippen LogP contribution in [-0.4, -0.2) is 19.5 Å². The molecule has 2 aromatic rings. The van der Waals surface area contributed by atoms with Crippen molar-refractivity contribution in [3.05, 3.63) is 30.1 Å². The number of hydrazine groups is 1. The fourth-order valence-electron chi connectivity index (χ4n) is 1.43. The van der Waals surface area contributed by atoms with Crippen LogP contribution in [-0.2, 0) is 0 Å². The first-order valence-electron chi connectivity index (χ1n) is 4.52. The number of anilines is 1. The van der Waals surface area contributed by atoms with Gasteiger partial charge in [-0.1, -0.05) is 0 Å². The molecule has 0 amide bonds. The monoisotopic (exact) mass is 204 g/mol. The van der Waals surface area contributed by atoms with Crippen molar-refractivity contribution in [3.8, 4) is 5.82 Å². The zero-order valence-electron chi connectivity index (χ0n) is 8.60. The van der Waals surface area contributed by atoms with E-state index in [2.05, 4.69) is 20.4 Å². The molecule has 0 aliphatic carbocycles. The van der Waals surface area contributed by atoms with Gasteiger partial charge in [0, 0.05) is 18.0 Å². The number of nitrogens with one attached hydrogen (secondary N) is 1. The minimum atomic E-state index is 0.619. The van der Waals surface area contributed by atoms with Crippen molar-refractivity contribution >= 4 is 5.82 Å². The topological polar surface area (TPSA) is 81.6 Å². The van der Waals surface area contributed by atoms with Gasteiger partial charge in [-0.25, -0.2) is 20.8 Å². The van der Waals surface area contributed by atoms with E-state index in [9.17, 15) is 0 Å². The molecule has 3 N–H and O–H groups in total. The maximum Gasteiger partial charge on any atom is 0.148 e.